The van der Waals surface area contributed by atoms with Gasteiger partial charge in [-0.15, -0.1) is 0 Å². The predicted molar refractivity (Wildman–Crippen MR) is 105 cm³/mol. The summed E-state index contributed by atoms with van der Waals surface area (Å²) in [6.45, 7) is 0.0454. The number of fused-ring (bicyclic) bond motifs is 3. The molecule has 0 atom stereocenters. The maximum atomic E-state index is 12.4. The average molecular weight is 429 g/mol. The van der Waals surface area contributed by atoms with Gasteiger partial charge in [0.05, 0.1) is 11.5 Å². The zero-order chi connectivity index (χ0) is 18.1. The minimum Gasteiger partial charge on any atom is -0.262 e. The molecule has 0 radical (unpaired) electrons. The van der Waals surface area contributed by atoms with Crippen molar-refractivity contribution in [1.82, 2.24) is 0 Å². The van der Waals surface area contributed by atoms with E-state index in [1.54, 1.807) is 12.1 Å². The quantitative estimate of drug-likeness (QED) is 0.541. The van der Waals surface area contributed by atoms with Crippen molar-refractivity contribution in [3.63, 3.8) is 0 Å². The van der Waals surface area contributed by atoms with Crippen molar-refractivity contribution in [2.75, 3.05) is 0 Å². The molecule has 3 aromatic rings. The van der Waals surface area contributed by atoms with Gasteiger partial charge in [-0.25, -0.2) is 0 Å². The molecule has 1 aliphatic carbocycles. The lowest BCUT2D eigenvalue weighted by Gasteiger charge is -2.22. The van der Waals surface area contributed by atoms with E-state index in [1.165, 1.54) is 34.4 Å². The second-order valence-electron chi connectivity index (χ2n) is 6.27. The highest BCUT2D eigenvalue weighted by Gasteiger charge is 2.20. The molecule has 26 heavy (non-hydrogen) atoms. The number of hydrogen-bond donors (Lipinski definition) is 0. The minimum absolute atomic E-state index is 0.0454. The molecule has 0 saturated carbocycles. The molecule has 0 aliphatic heterocycles. The van der Waals surface area contributed by atoms with Gasteiger partial charge in [-0.2, -0.15) is 8.42 Å². The van der Waals surface area contributed by atoms with Crippen LogP contribution in [0.4, 0.5) is 0 Å². The maximum absolute atomic E-state index is 12.4. The van der Waals surface area contributed by atoms with Gasteiger partial charge in [0.2, 0.25) is 0 Å². The molecule has 0 bridgehead atoms. The van der Waals surface area contributed by atoms with E-state index >= 15 is 0 Å². The Morgan fingerprint density at radius 3 is 2.38 bits per heavy atom. The van der Waals surface area contributed by atoms with Crippen LogP contribution in [0, 0.1) is 0 Å². The van der Waals surface area contributed by atoms with Crippen LogP contribution < -0.4 is 0 Å². The summed E-state index contributed by atoms with van der Waals surface area (Å²) in [5.74, 6) is 0. The Bertz CT molecular complexity index is 1060. The van der Waals surface area contributed by atoms with Crippen LogP contribution in [0.3, 0.4) is 0 Å². The standard InChI is InChI=1S/C21H17BrO3S/c22-17-9-11-18(12-10-17)26(23,24)25-14-16-5-3-7-21-19-6-2-1-4-15(19)8-13-20(16)21/h1-7,9-12H,8,13-14H2. The molecule has 1 aliphatic rings. The molecular weight excluding hydrogens is 412 g/mol. The highest BCUT2D eigenvalue weighted by Crippen LogP contribution is 2.35. The summed E-state index contributed by atoms with van der Waals surface area (Å²) >= 11 is 3.31. The topological polar surface area (TPSA) is 43.4 Å². The Labute approximate surface area is 161 Å². The summed E-state index contributed by atoms with van der Waals surface area (Å²) in [6, 6.07) is 20.8. The van der Waals surface area contributed by atoms with Gasteiger partial charge in [0.1, 0.15) is 0 Å². The average Bonchev–Trinajstić information content (AvgIpc) is 2.66. The van der Waals surface area contributed by atoms with Crippen LogP contribution in [0.25, 0.3) is 11.1 Å². The Kier molecular flexibility index (Phi) is 4.69. The van der Waals surface area contributed by atoms with E-state index in [0.717, 1.165) is 22.9 Å². The lowest BCUT2D eigenvalue weighted by atomic mass is 9.83. The van der Waals surface area contributed by atoms with E-state index in [2.05, 4.69) is 40.2 Å². The minimum atomic E-state index is -3.78. The third-order valence-electron chi connectivity index (χ3n) is 4.70. The fourth-order valence-corrected chi connectivity index (χ4v) is 4.54. The molecule has 4 rings (SSSR count). The van der Waals surface area contributed by atoms with Crippen LogP contribution in [0.15, 0.2) is 76.1 Å². The largest absolute Gasteiger partial charge is 0.297 e. The summed E-state index contributed by atoms with van der Waals surface area (Å²) in [5, 5.41) is 0. The van der Waals surface area contributed by atoms with Crippen molar-refractivity contribution < 1.29 is 12.6 Å². The van der Waals surface area contributed by atoms with Crippen LogP contribution in [0.5, 0.6) is 0 Å². The van der Waals surface area contributed by atoms with Gasteiger partial charge in [-0.3, -0.25) is 4.18 Å². The van der Waals surface area contributed by atoms with E-state index in [0.29, 0.717) is 0 Å². The van der Waals surface area contributed by atoms with Gasteiger partial charge < -0.3 is 0 Å². The van der Waals surface area contributed by atoms with Gasteiger partial charge in [0.25, 0.3) is 10.1 Å². The summed E-state index contributed by atoms with van der Waals surface area (Å²) in [5.41, 5.74) is 5.84. The Morgan fingerprint density at radius 1 is 0.846 bits per heavy atom. The molecule has 0 unspecified atom stereocenters. The van der Waals surface area contributed by atoms with Crippen molar-refractivity contribution in [3.8, 4) is 11.1 Å². The zero-order valence-corrected chi connectivity index (χ0v) is 16.4. The molecule has 0 saturated heterocycles. The molecule has 5 heteroatoms. The fraction of sp³-hybridized carbons (Fsp3) is 0.143. The first kappa shape index (κ1) is 17.5. The molecule has 132 valence electrons. The number of benzene rings is 3. The van der Waals surface area contributed by atoms with E-state index in [9.17, 15) is 8.42 Å². The second kappa shape index (κ2) is 6.99. The van der Waals surface area contributed by atoms with Crippen molar-refractivity contribution >= 4 is 26.0 Å². The molecule has 3 aromatic carbocycles. The van der Waals surface area contributed by atoms with Crippen LogP contribution in [0.1, 0.15) is 16.7 Å². The molecule has 0 amide bonds. The number of halogens is 1. The monoisotopic (exact) mass is 428 g/mol. The zero-order valence-electron chi connectivity index (χ0n) is 14.0. The highest BCUT2D eigenvalue weighted by atomic mass is 79.9. The predicted octanol–water partition coefficient (Wildman–Crippen LogP) is 5.12. The summed E-state index contributed by atoms with van der Waals surface area (Å²) in [4.78, 5) is 0.163. The SMILES string of the molecule is O=S(=O)(OCc1cccc2c1CCc1ccccc1-2)c1ccc(Br)cc1. The number of aryl methyl sites for hydroxylation is 1. The highest BCUT2D eigenvalue weighted by molar-refractivity contribution is 9.10. The molecular formula is C21H17BrO3S. The van der Waals surface area contributed by atoms with Crippen molar-refractivity contribution in [2.45, 2.75) is 24.3 Å². The van der Waals surface area contributed by atoms with Crippen LogP contribution in [-0.2, 0) is 33.7 Å². The van der Waals surface area contributed by atoms with Crippen molar-refractivity contribution in [1.29, 1.82) is 0 Å². The van der Waals surface area contributed by atoms with E-state index < -0.39 is 10.1 Å². The molecule has 0 heterocycles. The molecule has 3 nitrogen and oxygen atoms in total. The third-order valence-corrected chi connectivity index (χ3v) is 6.50. The van der Waals surface area contributed by atoms with Gasteiger partial charge >= 0.3 is 0 Å². The first-order chi connectivity index (χ1) is 12.5. The van der Waals surface area contributed by atoms with E-state index in [-0.39, 0.29) is 11.5 Å². The molecule has 0 aromatic heterocycles. The lowest BCUT2D eigenvalue weighted by Crippen LogP contribution is -2.11. The van der Waals surface area contributed by atoms with Crippen molar-refractivity contribution in [2.24, 2.45) is 0 Å². The normalized spacial score (nSPS) is 13.1. The Morgan fingerprint density at radius 2 is 1.58 bits per heavy atom. The smallest absolute Gasteiger partial charge is 0.262 e. The fourth-order valence-electron chi connectivity index (χ4n) is 3.39. The van der Waals surface area contributed by atoms with E-state index in [1.807, 2.05) is 18.2 Å². The first-order valence-corrected chi connectivity index (χ1v) is 10.6. The maximum Gasteiger partial charge on any atom is 0.297 e. The van der Waals surface area contributed by atoms with Crippen molar-refractivity contribution in [3.05, 3.63) is 87.9 Å². The van der Waals surface area contributed by atoms with Crippen LogP contribution in [0.2, 0.25) is 0 Å². The molecule has 0 spiro atoms. The van der Waals surface area contributed by atoms with Gasteiger partial charge in [-0.1, -0.05) is 58.4 Å². The van der Waals surface area contributed by atoms with Gasteiger partial charge in [-0.05, 0) is 64.9 Å². The number of hydrogen-bond acceptors (Lipinski definition) is 3. The van der Waals surface area contributed by atoms with Crippen LogP contribution >= 0.6 is 15.9 Å². The van der Waals surface area contributed by atoms with E-state index in [4.69, 9.17) is 4.18 Å². The Hall–Kier alpha value is -1.95. The summed E-state index contributed by atoms with van der Waals surface area (Å²) in [6.07, 6.45) is 1.85. The number of rotatable bonds is 4. The summed E-state index contributed by atoms with van der Waals surface area (Å²) < 4.78 is 31.1. The molecule has 0 fully saturated rings. The first-order valence-electron chi connectivity index (χ1n) is 8.39. The Balaban J connectivity index is 1.62. The van der Waals surface area contributed by atoms with Crippen LogP contribution in [-0.4, -0.2) is 8.42 Å². The third kappa shape index (κ3) is 3.34. The van der Waals surface area contributed by atoms with Gasteiger partial charge in [0, 0.05) is 4.47 Å². The second-order valence-corrected chi connectivity index (χ2v) is 8.80. The lowest BCUT2D eigenvalue weighted by molar-refractivity contribution is 0.307. The van der Waals surface area contributed by atoms with Gasteiger partial charge in [0.15, 0.2) is 0 Å². The molecule has 0 N–H and O–H groups in total. The summed E-state index contributed by atoms with van der Waals surface area (Å²) in [7, 11) is -3.78.